The number of nitrogens with one attached hydrogen (secondary N) is 2. The summed E-state index contributed by atoms with van der Waals surface area (Å²) in [5, 5.41) is 57.2. The molecule has 0 spiro atoms. The highest BCUT2D eigenvalue weighted by molar-refractivity contribution is 7.94. The van der Waals surface area contributed by atoms with Gasteiger partial charge < -0.3 is 27.0 Å². The number of hydrogen-bond donors (Lipinski definition) is 9. The van der Waals surface area contributed by atoms with Crippen LogP contribution in [-0.4, -0.2) is 95.2 Å². The zero-order valence-electron chi connectivity index (χ0n) is 38.2. The van der Waals surface area contributed by atoms with E-state index in [0.29, 0.717) is 28.9 Å². The standard InChI is InChI=1S/C39H37N9O20S6.H3N/c1-21(49)41-29-13-9-25(63-2)17-31(29)45-42-22-3-5-24(6-4-22)48-72(55,56)26-10-7-23(8-11-26)43-47-38-35(74(60,61)62)19-28-33(69-67-65-51)20-32(37(40)36(28)39(38)50)46-44-30-14-12-27(18-34(30)73(57,58)59)71(53,54)16-15-64-70-68-66-52;/h3,5,7-14,17-20,45,50-52H,4,6,15-16,40H2,1-2H3,(H,41,49)(H,57,58,59)(H,60,61,62);1H3. The first-order valence-corrected chi connectivity index (χ1v) is 27.4. The van der Waals surface area contributed by atoms with E-state index >= 15 is 0 Å². The number of methoxy groups -OCH3 is 1. The number of phenolic OH excluding ortho intramolecular Hbond substituents is 1. The quantitative estimate of drug-likeness (QED) is 0.00608. The maximum atomic E-state index is 13.3. The number of rotatable bonds is 22. The number of nitrogens with two attached hydrogens (primary N) is 1. The van der Waals surface area contributed by atoms with Gasteiger partial charge in [-0.15, -0.1) is 24.0 Å². The highest BCUT2D eigenvalue weighted by atomic mass is 32.2. The minimum absolute atomic E-state index is 0. The first-order chi connectivity index (χ1) is 34.9. The van der Waals surface area contributed by atoms with Crippen molar-refractivity contribution in [2.24, 2.45) is 30.0 Å². The van der Waals surface area contributed by atoms with Crippen molar-refractivity contribution < 1.29 is 90.9 Å². The second kappa shape index (κ2) is 25.3. The molecule has 0 unspecified atom stereocenters. The molecule has 0 saturated heterocycles. The molecule has 5 aromatic carbocycles. The number of carbonyl (C=O) groups is 1. The molecule has 36 heteroatoms. The summed E-state index contributed by atoms with van der Waals surface area (Å²) in [5.74, 6) is -1.62. The second-order valence-corrected chi connectivity index (χ2v) is 22.3. The number of azo groups is 2. The second-order valence-electron chi connectivity index (χ2n) is 14.6. The molecular formula is C39H40N10O20S6. The molecule has 0 saturated carbocycles. The molecule has 12 N–H and O–H groups in total. The number of fused-ring (bicyclic) bond motifs is 1. The highest BCUT2D eigenvalue weighted by Crippen LogP contribution is 2.49. The maximum Gasteiger partial charge on any atom is 0.296 e. The molecule has 0 radical (unpaired) electrons. The lowest BCUT2D eigenvalue weighted by molar-refractivity contribution is -0.434. The normalized spacial score (nSPS) is 14.5. The number of amides is 1. The van der Waals surface area contributed by atoms with Crippen LogP contribution in [-0.2, 0) is 67.8 Å². The molecule has 6 rings (SSSR count). The lowest BCUT2D eigenvalue weighted by Gasteiger charge is -2.14. The Bertz CT molecular complexity index is 3600. The van der Waals surface area contributed by atoms with Crippen molar-refractivity contribution >= 4 is 132 Å². The van der Waals surface area contributed by atoms with Crippen molar-refractivity contribution in [3.63, 3.8) is 0 Å². The third-order valence-corrected chi connectivity index (χ3v) is 15.5. The van der Waals surface area contributed by atoms with E-state index in [0.717, 1.165) is 36.4 Å². The number of ether oxygens (including phenoxy) is 1. The number of benzene rings is 5. The van der Waals surface area contributed by atoms with Gasteiger partial charge in [0.15, 0.2) is 27.9 Å². The Kier molecular flexibility index (Phi) is 20.0. The fraction of sp³-hybridized carbons (Fsp3) is 0.154. The summed E-state index contributed by atoms with van der Waals surface area (Å²) >= 11 is 0.271. The minimum Gasteiger partial charge on any atom is -0.505 e. The van der Waals surface area contributed by atoms with Crippen molar-refractivity contribution in [2.75, 3.05) is 35.9 Å². The van der Waals surface area contributed by atoms with E-state index in [4.69, 9.17) is 25.2 Å². The van der Waals surface area contributed by atoms with Crippen molar-refractivity contribution in [2.45, 2.75) is 44.2 Å². The SMILES string of the molecule is COc1ccc(NC(C)=O)c(NN=C2C=CC(=NS(=O)(=O)c3ccc(N=Nc4c(S(=O)(=O)O)cc5c(SOOO)cc(N=Nc6ccc(S(=O)(=O)CCOSOOO)cc6S(=O)(=O)O)c(N)c5c4O)cc3)CC2)c1.N. The molecule has 0 aliphatic heterocycles. The lowest BCUT2D eigenvalue weighted by Crippen LogP contribution is -2.12. The summed E-state index contributed by atoms with van der Waals surface area (Å²) in [6.07, 6.45) is 3.49. The predicted molar refractivity (Wildman–Crippen MR) is 268 cm³/mol. The Morgan fingerprint density at radius 3 is 2.04 bits per heavy atom. The van der Waals surface area contributed by atoms with E-state index in [1.54, 1.807) is 24.3 Å². The predicted octanol–water partition coefficient (Wildman–Crippen LogP) is 7.73. The molecule has 0 aromatic heterocycles. The summed E-state index contributed by atoms with van der Waals surface area (Å²) in [6.45, 7) is 0.810. The van der Waals surface area contributed by atoms with Crippen molar-refractivity contribution in [3.05, 3.63) is 84.9 Å². The van der Waals surface area contributed by atoms with Crippen LogP contribution in [0.25, 0.3) is 10.8 Å². The summed E-state index contributed by atoms with van der Waals surface area (Å²) in [7, 11) is -17.6. The average Bonchev–Trinajstić information content (AvgIpc) is 3.34. The highest BCUT2D eigenvalue weighted by Gasteiger charge is 2.28. The number of sulfone groups is 1. The van der Waals surface area contributed by atoms with Crippen LogP contribution in [0.15, 0.2) is 139 Å². The van der Waals surface area contributed by atoms with Crippen LogP contribution >= 0.6 is 24.4 Å². The molecule has 1 aliphatic carbocycles. The van der Waals surface area contributed by atoms with Gasteiger partial charge in [0.2, 0.25) is 5.91 Å². The Balaban J connectivity index is 0.0000104. The number of hydrogen-bond acceptors (Lipinski definition) is 28. The molecule has 0 bridgehead atoms. The molecule has 0 heterocycles. The van der Waals surface area contributed by atoms with Crippen molar-refractivity contribution in [1.82, 2.24) is 6.15 Å². The first-order valence-electron chi connectivity index (χ1n) is 20.0. The number of allylic oxidation sites excluding steroid dienone is 2. The smallest absolute Gasteiger partial charge is 0.296 e. The van der Waals surface area contributed by atoms with Crippen LogP contribution in [0.4, 0.5) is 39.8 Å². The molecule has 402 valence electrons. The van der Waals surface area contributed by atoms with Gasteiger partial charge in [-0.3, -0.25) is 23.5 Å². The Morgan fingerprint density at radius 2 is 1.41 bits per heavy atom. The number of hydrazone groups is 1. The number of aromatic hydroxyl groups is 1. The van der Waals surface area contributed by atoms with E-state index < -0.39 is 101 Å². The Hall–Kier alpha value is -6.59. The zero-order valence-corrected chi connectivity index (χ0v) is 43.1. The van der Waals surface area contributed by atoms with Gasteiger partial charge in [-0.05, 0) is 91.7 Å². The molecular weight excluding hydrogens is 1120 g/mol. The van der Waals surface area contributed by atoms with Gasteiger partial charge in [0.1, 0.15) is 32.6 Å². The monoisotopic (exact) mass is 1160 g/mol. The van der Waals surface area contributed by atoms with Gasteiger partial charge >= 0.3 is 0 Å². The number of nitrogen functional groups attached to an aromatic ring is 1. The van der Waals surface area contributed by atoms with Crippen LogP contribution in [0.3, 0.4) is 0 Å². The summed E-state index contributed by atoms with van der Waals surface area (Å²) in [4.78, 5) is 8.40. The van der Waals surface area contributed by atoms with Gasteiger partial charge in [0, 0.05) is 23.3 Å². The van der Waals surface area contributed by atoms with Crippen LogP contribution in [0, 0.1) is 0 Å². The van der Waals surface area contributed by atoms with Gasteiger partial charge in [0.25, 0.3) is 30.3 Å². The van der Waals surface area contributed by atoms with Crippen LogP contribution in [0.2, 0.25) is 0 Å². The minimum atomic E-state index is -5.28. The molecule has 0 fully saturated rings. The number of sulfonamides is 1. The van der Waals surface area contributed by atoms with Crippen molar-refractivity contribution in [1.29, 1.82) is 0 Å². The van der Waals surface area contributed by atoms with Gasteiger partial charge in [0.05, 0.1) is 80.9 Å². The maximum absolute atomic E-state index is 13.3. The summed E-state index contributed by atoms with van der Waals surface area (Å²) in [5.41, 5.74) is 8.25. The summed E-state index contributed by atoms with van der Waals surface area (Å²) in [6, 6.07) is 13.6. The fourth-order valence-corrected chi connectivity index (χ4v) is 10.7. The number of nitrogens with zero attached hydrogens (tertiary/aromatic N) is 6. The largest absolute Gasteiger partial charge is 0.505 e. The summed E-state index contributed by atoms with van der Waals surface area (Å²) < 4.78 is 145. The number of anilines is 3. The lowest BCUT2D eigenvalue weighted by atomic mass is 10.0. The van der Waals surface area contributed by atoms with E-state index in [1.807, 2.05) is 0 Å². The molecule has 1 aliphatic rings. The third-order valence-electron chi connectivity index (χ3n) is 9.73. The van der Waals surface area contributed by atoms with Crippen LogP contribution < -0.4 is 27.4 Å². The third kappa shape index (κ3) is 15.3. The van der Waals surface area contributed by atoms with E-state index in [9.17, 15) is 52.7 Å². The zero-order chi connectivity index (χ0) is 54.0. The first kappa shape index (κ1) is 59.3. The Morgan fingerprint density at radius 1 is 0.760 bits per heavy atom. The van der Waals surface area contributed by atoms with Gasteiger partial charge in [-0.25, -0.2) is 18.9 Å². The Labute approximate surface area is 433 Å². The topological polar surface area (TPSA) is 469 Å². The fourth-order valence-electron chi connectivity index (χ4n) is 6.38. The van der Waals surface area contributed by atoms with E-state index in [1.165, 1.54) is 32.2 Å². The molecule has 5 aromatic rings. The van der Waals surface area contributed by atoms with E-state index in [-0.39, 0.29) is 75.8 Å². The average molecular weight is 1160 g/mol. The molecule has 75 heavy (non-hydrogen) atoms. The van der Waals surface area contributed by atoms with Crippen LogP contribution in [0.5, 0.6) is 11.5 Å². The molecule has 1 amide bonds. The van der Waals surface area contributed by atoms with Crippen LogP contribution in [0.1, 0.15) is 19.8 Å². The number of phenols is 1. The van der Waals surface area contributed by atoms with Gasteiger partial charge in [-0.2, -0.15) is 39.9 Å². The van der Waals surface area contributed by atoms with Crippen molar-refractivity contribution in [3.8, 4) is 11.5 Å². The van der Waals surface area contributed by atoms with Gasteiger partial charge in [-0.1, -0.05) is 10.1 Å². The number of carbonyl (C=O) groups excluding carboxylic acids is 1. The molecule has 0 atom stereocenters. The van der Waals surface area contributed by atoms with E-state index in [2.05, 4.69) is 59.4 Å². The molecule has 30 nitrogen and oxygen atoms in total.